The quantitative estimate of drug-likeness (QED) is 0.790. The maximum absolute atomic E-state index is 11.6. The summed E-state index contributed by atoms with van der Waals surface area (Å²) in [6.45, 7) is 1.80. The summed E-state index contributed by atoms with van der Waals surface area (Å²) in [4.78, 5) is 11.6. The Morgan fingerprint density at radius 3 is 3.12 bits per heavy atom. The summed E-state index contributed by atoms with van der Waals surface area (Å²) < 4.78 is 6.79. The van der Waals surface area contributed by atoms with E-state index in [0.717, 1.165) is 10.9 Å². The van der Waals surface area contributed by atoms with E-state index in [1.165, 1.54) is 11.1 Å². The highest BCUT2D eigenvalue weighted by Crippen LogP contribution is 2.37. The molecule has 3 atom stereocenters. The molecular weight excluding hydrogens is 270 g/mol. The van der Waals surface area contributed by atoms with Crippen LogP contribution in [0.15, 0.2) is 22.7 Å². The minimum absolute atomic E-state index is 0.0166. The lowest BCUT2D eigenvalue weighted by Crippen LogP contribution is -2.48. The second kappa shape index (κ2) is 3.57. The van der Waals surface area contributed by atoms with Gasteiger partial charge in [0.25, 0.3) is 0 Å². The molecule has 1 saturated heterocycles. The molecule has 1 aliphatic heterocycles. The van der Waals surface area contributed by atoms with E-state index >= 15 is 0 Å². The average Bonchev–Trinajstić information content (AvgIpc) is 2.55. The Hall–Kier alpha value is -0.870. The van der Waals surface area contributed by atoms with Crippen molar-refractivity contribution in [1.29, 1.82) is 0 Å². The molecule has 0 saturated carbocycles. The van der Waals surface area contributed by atoms with E-state index in [2.05, 4.69) is 33.4 Å². The number of carbonyl (C=O) groups excluding carboxylic acids is 1. The smallest absolute Gasteiger partial charge is 0.249 e. The van der Waals surface area contributed by atoms with Crippen LogP contribution in [0.25, 0.3) is 0 Å². The lowest BCUT2D eigenvalue weighted by molar-refractivity contribution is -0.146. The first-order valence-electron chi connectivity index (χ1n) is 5.39. The van der Waals surface area contributed by atoms with E-state index in [1.54, 1.807) is 6.92 Å². The predicted octanol–water partition coefficient (Wildman–Crippen LogP) is 1.95. The highest BCUT2D eigenvalue weighted by atomic mass is 79.9. The molecule has 0 radical (unpaired) electrons. The number of carbonyl (C=O) groups is 1. The van der Waals surface area contributed by atoms with E-state index < -0.39 is 0 Å². The van der Waals surface area contributed by atoms with Crippen LogP contribution in [0.3, 0.4) is 0 Å². The molecule has 2 unspecified atom stereocenters. The van der Waals surface area contributed by atoms with Crippen molar-refractivity contribution in [3.63, 3.8) is 0 Å². The number of halogens is 1. The van der Waals surface area contributed by atoms with Gasteiger partial charge in [-0.15, -0.1) is 0 Å². The van der Waals surface area contributed by atoms with Gasteiger partial charge in [0.2, 0.25) is 5.91 Å². The molecule has 3 nitrogen and oxygen atoms in total. The molecule has 1 fully saturated rings. The Morgan fingerprint density at radius 2 is 2.31 bits per heavy atom. The summed E-state index contributed by atoms with van der Waals surface area (Å²) in [5.74, 6) is -0.0166. The fourth-order valence-corrected chi connectivity index (χ4v) is 2.89. The van der Waals surface area contributed by atoms with Crippen LogP contribution in [-0.2, 0) is 16.0 Å². The lowest BCUT2D eigenvalue weighted by atomic mass is 10.1. The summed E-state index contributed by atoms with van der Waals surface area (Å²) in [5.41, 5.74) is 2.45. The van der Waals surface area contributed by atoms with Crippen LogP contribution < -0.4 is 5.32 Å². The number of hydrogen-bond acceptors (Lipinski definition) is 2. The van der Waals surface area contributed by atoms with Gasteiger partial charge in [0.15, 0.2) is 0 Å². The van der Waals surface area contributed by atoms with Crippen molar-refractivity contribution in [1.82, 2.24) is 5.32 Å². The van der Waals surface area contributed by atoms with Crippen LogP contribution in [0.4, 0.5) is 0 Å². The molecule has 16 heavy (non-hydrogen) atoms. The van der Waals surface area contributed by atoms with Crippen LogP contribution in [0.1, 0.15) is 24.1 Å². The molecule has 4 heteroatoms. The Kier molecular flexibility index (Phi) is 2.30. The Balaban J connectivity index is 1.98. The first-order valence-corrected chi connectivity index (χ1v) is 6.18. The van der Waals surface area contributed by atoms with Crippen molar-refractivity contribution in [2.75, 3.05) is 0 Å². The van der Waals surface area contributed by atoms with Crippen molar-refractivity contribution >= 4 is 21.8 Å². The summed E-state index contributed by atoms with van der Waals surface area (Å²) in [6, 6.07) is 6.20. The predicted molar refractivity (Wildman–Crippen MR) is 63.1 cm³/mol. The zero-order chi connectivity index (χ0) is 11.3. The summed E-state index contributed by atoms with van der Waals surface area (Å²) >= 11 is 3.46. The van der Waals surface area contributed by atoms with Gasteiger partial charge in [-0.2, -0.15) is 0 Å². The molecule has 2 aliphatic rings. The molecular formula is C12H12BrNO2. The van der Waals surface area contributed by atoms with Crippen molar-refractivity contribution in [2.45, 2.75) is 31.6 Å². The van der Waals surface area contributed by atoms with Gasteiger partial charge in [0.1, 0.15) is 6.10 Å². The van der Waals surface area contributed by atoms with Crippen LogP contribution in [0, 0.1) is 0 Å². The van der Waals surface area contributed by atoms with Gasteiger partial charge in [-0.1, -0.05) is 22.0 Å². The Morgan fingerprint density at radius 1 is 1.50 bits per heavy atom. The zero-order valence-corrected chi connectivity index (χ0v) is 10.5. The third-order valence-electron chi connectivity index (χ3n) is 3.28. The maximum Gasteiger partial charge on any atom is 0.249 e. The first kappa shape index (κ1) is 10.3. The number of amides is 1. The molecule has 1 aromatic rings. The summed E-state index contributed by atoms with van der Waals surface area (Å²) in [7, 11) is 0. The molecule has 84 valence electrons. The Bertz CT molecular complexity index is 460. The molecule has 1 heterocycles. The topological polar surface area (TPSA) is 38.3 Å². The molecule has 1 amide bonds. The third kappa shape index (κ3) is 1.48. The molecule has 3 rings (SSSR count). The van der Waals surface area contributed by atoms with Gasteiger partial charge in [-0.3, -0.25) is 4.79 Å². The monoisotopic (exact) mass is 281 g/mol. The number of rotatable bonds is 0. The lowest BCUT2D eigenvalue weighted by Gasteiger charge is -2.31. The fraction of sp³-hybridized carbons (Fsp3) is 0.417. The van der Waals surface area contributed by atoms with E-state index in [9.17, 15) is 4.79 Å². The van der Waals surface area contributed by atoms with E-state index in [1.807, 2.05) is 6.07 Å². The molecule has 1 aromatic carbocycles. The average molecular weight is 282 g/mol. The van der Waals surface area contributed by atoms with Gasteiger partial charge < -0.3 is 10.1 Å². The number of nitrogens with one attached hydrogen (secondary N) is 1. The summed E-state index contributed by atoms with van der Waals surface area (Å²) in [6.07, 6.45) is 0.639. The second-order valence-corrected chi connectivity index (χ2v) is 5.27. The van der Waals surface area contributed by atoms with Crippen molar-refractivity contribution in [3.05, 3.63) is 33.8 Å². The van der Waals surface area contributed by atoms with E-state index in [0.29, 0.717) is 0 Å². The number of ether oxygens (including phenoxy) is 1. The minimum Gasteiger partial charge on any atom is -0.363 e. The van der Waals surface area contributed by atoms with Crippen LogP contribution in [-0.4, -0.2) is 18.1 Å². The zero-order valence-electron chi connectivity index (χ0n) is 8.87. The maximum atomic E-state index is 11.6. The van der Waals surface area contributed by atoms with Crippen LogP contribution >= 0.6 is 15.9 Å². The SMILES string of the molecule is CC1OC2Cc3cc(Br)ccc3[C@@H]2NC1=O. The third-order valence-corrected chi connectivity index (χ3v) is 3.77. The number of hydrogen-bond donors (Lipinski definition) is 1. The number of benzene rings is 1. The van der Waals surface area contributed by atoms with Gasteiger partial charge in [-0.05, 0) is 30.2 Å². The molecule has 1 aliphatic carbocycles. The Labute approximate surface area is 102 Å². The molecule has 0 spiro atoms. The summed E-state index contributed by atoms with van der Waals surface area (Å²) in [5, 5.41) is 3.02. The normalized spacial score (nSPS) is 31.9. The standard InChI is InChI=1S/C12H12BrNO2/c1-6-12(15)14-11-9-3-2-8(13)4-7(9)5-10(11)16-6/h2-4,6,10-11H,5H2,1H3,(H,14,15)/t6?,10?,11-/m0/s1. The van der Waals surface area contributed by atoms with Crippen molar-refractivity contribution in [3.8, 4) is 0 Å². The first-order chi connectivity index (χ1) is 7.65. The minimum atomic E-state index is -0.334. The second-order valence-electron chi connectivity index (χ2n) is 4.35. The van der Waals surface area contributed by atoms with Crippen LogP contribution in [0.5, 0.6) is 0 Å². The van der Waals surface area contributed by atoms with Crippen molar-refractivity contribution < 1.29 is 9.53 Å². The largest absolute Gasteiger partial charge is 0.363 e. The highest BCUT2D eigenvalue weighted by molar-refractivity contribution is 9.10. The fourth-order valence-electron chi connectivity index (χ4n) is 2.48. The molecule has 0 bridgehead atoms. The van der Waals surface area contributed by atoms with Gasteiger partial charge in [0.05, 0.1) is 12.1 Å². The molecule has 0 aromatic heterocycles. The van der Waals surface area contributed by atoms with Gasteiger partial charge in [-0.25, -0.2) is 0 Å². The van der Waals surface area contributed by atoms with Crippen molar-refractivity contribution in [2.24, 2.45) is 0 Å². The molecule has 1 N–H and O–H groups in total. The number of fused-ring (bicyclic) bond motifs is 3. The van der Waals surface area contributed by atoms with E-state index in [4.69, 9.17) is 4.74 Å². The van der Waals surface area contributed by atoms with Gasteiger partial charge in [0, 0.05) is 10.9 Å². The number of morpholine rings is 1. The highest BCUT2D eigenvalue weighted by Gasteiger charge is 2.40. The van der Waals surface area contributed by atoms with Crippen LogP contribution in [0.2, 0.25) is 0 Å². The van der Waals surface area contributed by atoms with E-state index in [-0.39, 0.29) is 24.2 Å². The van der Waals surface area contributed by atoms with Gasteiger partial charge >= 0.3 is 0 Å².